The fourth-order valence-corrected chi connectivity index (χ4v) is 4.16. The molecular weight excluding hydrogens is 528 g/mol. The lowest BCUT2D eigenvalue weighted by Crippen LogP contribution is -2.41. The van der Waals surface area contributed by atoms with Gasteiger partial charge >= 0.3 is 18.3 Å². The van der Waals surface area contributed by atoms with Gasteiger partial charge in [0.25, 0.3) is 0 Å². The average Bonchev–Trinajstić information content (AvgIpc) is 3.10. The summed E-state index contributed by atoms with van der Waals surface area (Å²) in [5.41, 5.74) is -2.83. The first-order chi connectivity index (χ1) is 17.1. The smallest absolute Gasteiger partial charge is 0.417 e. The predicted octanol–water partition coefficient (Wildman–Crippen LogP) is 5.91. The molecule has 2 aromatic carbocycles. The van der Waals surface area contributed by atoms with Gasteiger partial charge < -0.3 is 10.1 Å². The van der Waals surface area contributed by atoms with Gasteiger partial charge in [0.2, 0.25) is 5.91 Å². The Balaban J connectivity index is 1.87. The van der Waals surface area contributed by atoms with Gasteiger partial charge in [-0.3, -0.25) is 14.6 Å². The highest BCUT2D eigenvalue weighted by Gasteiger charge is 2.47. The molecule has 0 bridgehead atoms. The molecule has 0 aliphatic carbocycles. The summed E-state index contributed by atoms with van der Waals surface area (Å²) in [5, 5.41) is 7.44. The van der Waals surface area contributed by atoms with Gasteiger partial charge in [-0.15, -0.1) is 0 Å². The zero-order chi connectivity index (χ0) is 27.8. The van der Waals surface area contributed by atoms with Gasteiger partial charge in [-0.1, -0.05) is 17.7 Å². The Morgan fingerprint density at radius 2 is 1.78 bits per heavy atom. The Morgan fingerprint density at radius 3 is 2.32 bits per heavy atom. The van der Waals surface area contributed by atoms with Crippen LogP contribution in [0, 0.1) is 12.3 Å². The largest absolute Gasteiger partial charge is 0.465 e. The summed E-state index contributed by atoms with van der Waals surface area (Å²) in [6, 6.07) is 5.79. The lowest BCUT2D eigenvalue weighted by Gasteiger charge is -2.24. The third kappa shape index (κ3) is 6.17. The van der Waals surface area contributed by atoms with E-state index >= 15 is 0 Å². The van der Waals surface area contributed by atoms with Crippen LogP contribution in [0.25, 0.3) is 0 Å². The number of hydrazone groups is 1. The summed E-state index contributed by atoms with van der Waals surface area (Å²) in [5.74, 6) is -1.34. The lowest BCUT2D eigenvalue weighted by atomic mass is 9.82. The number of anilines is 1. The van der Waals surface area contributed by atoms with Crippen molar-refractivity contribution in [3.63, 3.8) is 0 Å². The maximum absolute atomic E-state index is 13.1. The number of nitrogens with zero attached hydrogens (tertiary/aromatic N) is 2. The number of halogens is 7. The van der Waals surface area contributed by atoms with Crippen molar-refractivity contribution in [3.8, 4) is 0 Å². The molecule has 13 heteroatoms. The molecule has 1 unspecified atom stereocenters. The Labute approximate surface area is 213 Å². The highest BCUT2D eigenvalue weighted by atomic mass is 35.5. The Kier molecular flexibility index (Phi) is 7.83. The zero-order valence-electron chi connectivity index (χ0n) is 19.9. The fraction of sp³-hybridized carbons (Fsp3) is 0.375. The molecule has 3 rings (SSSR count). The third-order valence-electron chi connectivity index (χ3n) is 5.69. The number of amides is 1. The van der Waals surface area contributed by atoms with E-state index in [0.717, 1.165) is 36.4 Å². The Bertz CT molecular complexity index is 1250. The van der Waals surface area contributed by atoms with Crippen molar-refractivity contribution in [2.24, 2.45) is 10.5 Å². The van der Waals surface area contributed by atoms with Crippen LogP contribution in [-0.4, -0.2) is 42.3 Å². The van der Waals surface area contributed by atoms with Crippen molar-refractivity contribution in [3.05, 3.63) is 63.7 Å². The average molecular weight is 550 g/mol. The number of esters is 1. The minimum absolute atomic E-state index is 0.0309. The van der Waals surface area contributed by atoms with Crippen molar-refractivity contribution in [2.75, 3.05) is 25.0 Å². The highest BCUT2D eigenvalue weighted by Crippen LogP contribution is 2.38. The van der Waals surface area contributed by atoms with Crippen molar-refractivity contribution in [2.45, 2.75) is 33.1 Å². The van der Waals surface area contributed by atoms with Crippen molar-refractivity contribution < 1.29 is 40.7 Å². The molecule has 1 atom stereocenters. The molecule has 1 amide bonds. The maximum atomic E-state index is 13.1. The quantitative estimate of drug-likeness (QED) is 0.359. The van der Waals surface area contributed by atoms with Gasteiger partial charge in [0.1, 0.15) is 12.0 Å². The number of nitrogens with one attached hydrogen (secondary N) is 1. The number of benzene rings is 2. The second kappa shape index (κ2) is 10.2. The minimum atomic E-state index is -4.68. The van der Waals surface area contributed by atoms with E-state index < -0.39 is 52.3 Å². The van der Waals surface area contributed by atoms with Crippen molar-refractivity contribution in [1.82, 2.24) is 5.01 Å². The number of hydrogen-bond donors (Lipinski definition) is 1. The van der Waals surface area contributed by atoms with Gasteiger partial charge in [-0.2, -0.15) is 31.4 Å². The van der Waals surface area contributed by atoms with Crippen LogP contribution < -0.4 is 5.32 Å². The van der Waals surface area contributed by atoms with Crippen LogP contribution in [-0.2, 0) is 26.7 Å². The number of rotatable bonds is 6. The second-order valence-corrected chi connectivity index (χ2v) is 9.00. The Morgan fingerprint density at radius 1 is 1.11 bits per heavy atom. The molecule has 1 heterocycles. The van der Waals surface area contributed by atoms with Gasteiger partial charge in [-0.25, -0.2) is 0 Å². The summed E-state index contributed by atoms with van der Waals surface area (Å²) in [4.78, 5) is 25.5. The van der Waals surface area contributed by atoms with E-state index in [1.807, 2.05) is 0 Å². The number of ether oxygens (including phenoxy) is 1. The highest BCUT2D eigenvalue weighted by molar-refractivity contribution is 6.32. The molecule has 0 saturated heterocycles. The molecule has 0 aromatic heterocycles. The number of aryl methyl sites for hydroxylation is 1. The summed E-state index contributed by atoms with van der Waals surface area (Å²) >= 11 is 5.85. The zero-order valence-corrected chi connectivity index (χ0v) is 20.6. The summed E-state index contributed by atoms with van der Waals surface area (Å²) in [7, 11) is 0. The van der Waals surface area contributed by atoms with Crippen LogP contribution in [0.2, 0.25) is 5.02 Å². The van der Waals surface area contributed by atoms with Crippen molar-refractivity contribution in [1.29, 1.82) is 0 Å². The predicted molar refractivity (Wildman–Crippen MR) is 124 cm³/mol. The third-order valence-corrected chi connectivity index (χ3v) is 6.00. The number of carbonyl (C=O) groups excluding carboxylic acids is 2. The van der Waals surface area contributed by atoms with Crippen LogP contribution in [0.15, 0.2) is 41.5 Å². The molecule has 2 aromatic rings. The normalized spacial score (nSPS) is 18.0. The molecule has 200 valence electrons. The molecule has 0 radical (unpaired) electrons. The van der Waals surface area contributed by atoms with E-state index in [2.05, 4.69) is 10.4 Å². The van der Waals surface area contributed by atoms with Crippen molar-refractivity contribution >= 4 is 34.9 Å². The molecule has 6 nitrogen and oxygen atoms in total. The topological polar surface area (TPSA) is 71.0 Å². The van der Waals surface area contributed by atoms with Crippen LogP contribution in [0.5, 0.6) is 0 Å². The van der Waals surface area contributed by atoms with Crippen LogP contribution in [0.4, 0.5) is 32.0 Å². The van der Waals surface area contributed by atoms with Gasteiger partial charge in [0.15, 0.2) is 0 Å². The first-order valence-corrected chi connectivity index (χ1v) is 11.3. The van der Waals surface area contributed by atoms with Gasteiger partial charge in [0.05, 0.1) is 35.0 Å². The Hall–Kier alpha value is -3.28. The molecule has 1 aliphatic heterocycles. The van der Waals surface area contributed by atoms with E-state index in [1.165, 1.54) is 18.9 Å². The monoisotopic (exact) mass is 549 g/mol. The lowest BCUT2D eigenvalue weighted by molar-refractivity contribution is -0.150. The first kappa shape index (κ1) is 28.3. The van der Waals surface area contributed by atoms with E-state index in [1.54, 1.807) is 6.92 Å². The first-order valence-electron chi connectivity index (χ1n) is 10.9. The van der Waals surface area contributed by atoms with Crippen LogP contribution >= 0.6 is 11.6 Å². The second-order valence-electron chi connectivity index (χ2n) is 8.59. The number of carbonyl (C=O) groups is 2. The van der Waals surface area contributed by atoms with E-state index in [9.17, 15) is 35.9 Å². The maximum Gasteiger partial charge on any atom is 0.417 e. The summed E-state index contributed by atoms with van der Waals surface area (Å²) < 4.78 is 83.2. The van der Waals surface area contributed by atoms with Gasteiger partial charge in [-0.05, 0) is 56.7 Å². The minimum Gasteiger partial charge on any atom is -0.465 e. The van der Waals surface area contributed by atoms with E-state index in [4.69, 9.17) is 16.3 Å². The summed E-state index contributed by atoms with van der Waals surface area (Å²) in [6.45, 7) is 3.96. The molecule has 1 N–H and O–H groups in total. The standard InChI is InChI=1S/C24H22ClF6N3O3/c1-4-37-21(36)22(3)12-34(33-20(22)14-5-7-16(17(25)10-14)24(29,30)31)11-19(35)32-18-8-6-15(9-13(18)2)23(26,27)28/h5-10H,4,11-12H2,1-3H3,(H,32,35). The van der Waals surface area contributed by atoms with E-state index in [0.29, 0.717) is 0 Å². The van der Waals surface area contributed by atoms with E-state index in [-0.39, 0.29) is 35.7 Å². The molecule has 0 saturated carbocycles. The van der Waals surface area contributed by atoms with Crippen LogP contribution in [0.1, 0.15) is 36.1 Å². The number of hydrogen-bond acceptors (Lipinski definition) is 5. The molecular formula is C24H22ClF6N3O3. The SMILES string of the molecule is CCOC(=O)C1(C)CN(CC(=O)Nc2ccc(C(F)(F)F)cc2C)N=C1c1ccc(C(F)(F)F)c(Cl)c1. The van der Waals surface area contributed by atoms with Gasteiger partial charge in [0, 0.05) is 11.3 Å². The molecule has 0 spiro atoms. The summed E-state index contributed by atoms with van der Waals surface area (Å²) in [6.07, 6.45) is -9.22. The molecule has 37 heavy (non-hydrogen) atoms. The molecule has 1 aliphatic rings. The van der Waals surface area contributed by atoms with Crippen LogP contribution in [0.3, 0.4) is 0 Å². The fourth-order valence-electron chi connectivity index (χ4n) is 3.87. The molecule has 0 fully saturated rings. The number of alkyl halides is 6.